The average molecular weight is 286 g/mol. The molecule has 0 aromatic heterocycles. The molecule has 1 aliphatic heterocycles. The maximum atomic E-state index is 11.6. The number of hydrogen-bond acceptors (Lipinski definition) is 5. The molecule has 0 bridgehead atoms. The van der Waals surface area contributed by atoms with Gasteiger partial charge >= 0.3 is 5.97 Å². The van der Waals surface area contributed by atoms with Crippen molar-refractivity contribution in [3.05, 3.63) is 0 Å². The van der Waals surface area contributed by atoms with E-state index in [-0.39, 0.29) is 18.2 Å². The molecule has 0 aromatic rings. The van der Waals surface area contributed by atoms with Gasteiger partial charge in [-0.15, -0.1) is 0 Å². The fourth-order valence-corrected chi connectivity index (χ4v) is 3.61. The van der Waals surface area contributed by atoms with E-state index in [4.69, 9.17) is 9.47 Å². The van der Waals surface area contributed by atoms with E-state index in [0.717, 1.165) is 25.9 Å². The van der Waals surface area contributed by atoms with Crippen LogP contribution in [0.4, 0.5) is 0 Å². The SMILES string of the molecule is CNC1(C(=O)O)CCCC(N2CC(OC)C(OC)C2)C1. The van der Waals surface area contributed by atoms with Gasteiger partial charge in [0.05, 0.1) is 12.2 Å². The largest absolute Gasteiger partial charge is 0.480 e. The summed E-state index contributed by atoms with van der Waals surface area (Å²) >= 11 is 0. The van der Waals surface area contributed by atoms with Crippen LogP contribution in [0.2, 0.25) is 0 Å². The van der Waals surface area contributed by atoms with Crippen molar-refractivity contribution < 1.29 is 19.4 Å². The average Bonchev–Trinajstić information content (AvgIpc) is 2.90. The van der Waals surface area contributed by atoms with Gasteiger partial charge in [0.2, 0.25) is 0 Å². The highest BCUT2D eigenvalue weighted by Gasteiger charge is 2.45. The molecule has 2 rings (SSSR count). The maximum absolute atomic E-state index is 11.6. The Balaban J connectivity index is 2.04. The van der Waals surface area contributed by atoms with E-state index in [1.807, 2.05) is 0 Å². The van der Waals surface area contributed by atoms with Gasteiger partial charge in [0.1, 0.15) is 5.54 Å². The van der Waals surface area contributed by atoms with E-state index >= 15 is 0 Å². The lowest BCUT2D eigenvalue weighted by atomic mass is 9.78. The number of ether oxygens (including phenoxy) is 2. The van der Waals surface area contributed by atoms with Crippen LogP contribution < -0.4 is 5.32 Å². The highest BCUT2D eigenvalue weighted by molar-refractivity contribution is 5.79. The van der Waals surface area contributed by atoms with Crippen LogP contribution >= 0.6 is 0 Å². The number of hydrogen-bond donors (Lipinski definition) is 2. The van der Waals surface area contributed by atoms with Gasteiger partial charge in [0.15, 0.2) is 0 Å². The fourth-order valence-electron chi connectivity index (χ4n) is 3.61. The van der Waals surface area contributed by atoms with E-state index in [1.165, 1.54) is 0 Å². The number of aliphatic carboxylic acids is 1. The summed E-state index contributed by atoms with van der Waals surface area (Å²) in [6, 6.07) is 0.282. The number of likely N-dealkylation sites (N-methyl/N-ethyl adjacent to an activating group) is 1. The maximum Gasteiger partial charge on any atom is 0.323 e. The van der Waals surface area contributed by atoms with E-state index in [2.05, 4.69) is 10.2 Å². The molecule has 0 aromatic carbocycles. The van der Waals surface area contributed by atoms with E-state index in [1.54, 1.807) is 21.3 Å². The minimum atomic E-state index is -0.781. The summed E-state index contributed by atoms with van der Waals surface area (Å²) in [7, 11) is 5.16. The second-order valence-electron chi connectivity index (χ2n) is 5.89. The molecule has 1 saturated heterocycles. The minimum Gasteiger partial charge on any atom is -0.480 e. The molecular formula is C14H26N2O4. The monoisotopic (exact) mass is 286 g/mol. The Labute approximate surface area is 120 Å². The zero-order valence-electron chi connectivity index (χ0n) is 12.6. The molecule has 116 valence electrons. The lowest BCUT2D eigenvalue weighted by Crippen LogP contribution is -2.57. The van der Waals surface area contributed by atoms with Crippen LogP contribution in [0.3, 0.4) is 0 Å². The molecule has 1 saturated carbocycles. The first-order valence-electron chi connectivity index (χ1n) is 7.28. The van der Waals surface area contributed by atoms with Gasteiger partial charge in [-0.05, 0) is 32.7 Å². The lowest BCUT2D eigenvalue weighted by molar-refractivity contribution is -0.147. The zero-order valence-corrected chi connectivity index (χ0v) is 12.6. The van der Waals surface area contributed by atoms with Gasteiger partial charge in [-0.2, -0.15) is 0 Å². The van der Waals surface area contributed by atoms with E-state index in [0.29, 0.717) is 12.8 Å². The van der Waals surface area contributed by atoms with Crippen molar-refractivity contribution >= 4 is 5.97 Å². The van der Waals surface area contributed by atoms with Crippen LogP contribution in [0.25, 0.3) is 0 Å². The number of carboxylic acids is 1. The number of likely N-dealkylation sites (tertiary alicyclic amines) is 1. The standard InChI is InChI=1S/C14H26N2O4/c1-15-14(13(17)18)6-4-5-10(7-14)16-8-11(19-2)12(9-16)20-3/h10-12,15H,4-9H2,1-3H3,(H,17,18). The molecule has 2 aliphatic rings. The van der Waals surface area contributed by atoms with Crippen LogP contribution in [-0.4, -0.2) is 74.1 Å². The third-order valence-electron chi connectivity index (χ3n) is 4.98. The van der Waals surface area contributed by atoms with Crippen molar-refractivity contribution in [3.8, 4) is 0 Å². The van der Waals surface area contributed by atoms with E-state index in [9.17, 15) is 9.90 Å². The topological polar surface area (TPSA) is 71.0 Å². The minimum absolute atomic E-state index is 0.0794. The molecule has 0 radical (unpaired) electrons. The first kappa shape index (κ1) is 15.7. The number of methoxy groups -OCH3 is 2. The van der Waals surface area contributed by atoms with Gasteiger partial charge < -0.3 is 19.9 Å². The molecule has 2 N–H and O–H groups in total. The van der Waals surface area contributed by atoms with Crippen molar-refractivity contribution in [1.29, 1.82) is 0 Å². The molecule has 1 heterocycles. The predicted octanol–water partition coefficient (Wildman–Crippen LogP) is 0.317. The van der Waals surface area contributed by atoms with Crippen LogP contribution in [-0.2, 0) is 14.3 Å². The molecular weight excluding hydrogens is 260 g/mol. The van der Waals surface area contributed by atoms with Crippen molar-refractivity contribution in [1.82, 2.24) is 10.2 Å². The second kappa shape index (κ2) is 6.39. The molecule has 6 nitrogen and oxygen atoms in total. The van der Waals surface area contributed by atoms with E-state index < -0.39 is 11.5 Å². The fraction of sp³-hybridized carbons (Fsp3) is 0.929. The number of nitrogens with zero attached hydrogens (tertiary/aromatic N) is 1. The van der Waals surface area contributed by atoms with Crippen molar-refractivity contribution in [2.24, 2.45) is 0 Å². The molecule has 6 heteroatoms. The van der Waals surface area contributed by atoms with Gasteiger partial charge in [0.25, 0.3) is 0 Å². The Bertz CT molecular complexity index is 340. The Morgan fingerprint density at radius 3 is 2.35 bits per heavy atom. The third-order valence-corrected chi connectivity index (χ3v) is 4.98. The number of nitrogens with one attached hydrogen (secondary N) is 1. The molecule has 20 heavy (non-hydrogen) atoms. The summed E-state index contributed by atoms with van der Waals surface area (Å²) in [6.45, 7) is 1.64. The lowest BCUT2D eigenvalue weighted by Gasteiger charge is -2.41. The normalized spacial score (nSPS) is 39.0. The summed E-state index contributed by atoms with van der Waals surface area (Å²) < 4.78 is 10.9. The number of rotatable bonds is 5. The summed E-state index contributed by atoms with van der Waals surface area (Å²) in [5.41, 5.74) is -0.781. The third kappa shape index (κ3) is 2.83. The first-order chi connectivity index (χ1) is 9.56. The summed E-state index contributed by atoms with van der Waals surface area (Å²) in [6.07, 6.45) is 3.48. The predicted molar refractivity (Wildman–Crippen MR) is 74.8 cm³/mol. The summed E-state index contributed by atoms with van der Waals surface area (Å²) in [5.74, 6) is -0.740. The first-order valence-corrected chi connectivity index (χ1v) is 7.28. The van der Waals surface area contributed by atoms with Crippen molar-refractivity contribution in [2.45, 2.75) is 49.5 Å². The quantitative estimate of drug-likeness (QED) is 0.758. The number of carbonyl (C=O) groups is 1. The Morgan fingerprint density at radius 1 is 1.30 bits per heavy atom. The Hall–Kier alpha value is -0.690. The van der Waals surface area contributed by atoms with Crippen LogP contribution in [0, 0.1) is 0 Å². The second-order valence-corrected chi connectivity index (χ2v) is 5.89. The smallest absolute Gasteiger partial charge is 0.323 e. The molecule has 1 aliphatic carbocycles. The van der Waals surface area contributed by atoms with Gasteiger partial charge in [-0.25, -0.2) is 0 Å². The molecule has 4 unspecified atom stereocenters. The van der Waals surface area contributed by atoms with Crippen LogP contribution in [0.15, 0.2) is 0 Å². The summed E-state index contributed by atoms with van der Waals surface area (Å²) in [5, 5.41) is 12.5. The van der Waals surface area contributed by atoms with Crippen LogP contribution in [0.5, 0.6) is 0 Å². The number of carboxylic acid groups (broad SMARTS) is 1. The van der Waals surface area contributed by atoms with Crippen LogP contribution in [0.1, 0.15) is 25.7 Å². The Morgan fingerprint density at radius 2 is 1.90 bits per heavy atom. The van der Waals surface area contributed by atoms with Crippen molar-refractivity contribution in [3.63, 3.8) is 0 Å². The Kier molecular flexibility index (Phi) is 5.01. The van der Waals surface area contributed by atoms with Gasteiger partial charge in [-0.3, -0.25) is 9.69 Å². The molecule has 4 atom stereocenters. The molecule has 0 amide bonds. The molecule has 2 fully saturated rings. The molecule has 0 spiro atoms. The highest BCUT2D eigenvalue weighted by atomic mass is 16.5. The van der Waals surface area contributed by atoms with Gasteiger partial charge in [0, 0.05) is 33.4 Å². The zero-order chi connectivity index (χ0) is 14.8. The summed E-state index contributed by atoms with van der Waals surface area (Å²) in [4.78, 5) is 13.9. The highest BCUT2D eigenvalue weighted by Crippen LogP contribution is 2.33. The van der Waals surface area contributed by atoms with Gasteiger partial charge in [-0.1, -0.05) is 0 Å². The van der Waals surface area contributed by atoms with Crippen molar-refractivity contribution in [2.75, 3.05) is 34.4 Å².